The first-order valence-electron chi connectivity index (χ1n) is 9.09. The highest BCUT2D eigenvalue weighted by Gasteiger charge is 2.21. The fourth-order valence-electron chi connectivity index (χ4n) is 3.42. The molecule has 2 aromatic heterocycles. The molecule has 0 radical (unpaired) electrons. The van der Waals surface area contributed by atoms with Crippen molar-refractivity contribution in [1.82, 2.24) is 15.3 Å². The van der Waals surface area contributed by atoms with Crippen molar-refractivity contribution in [1.29, 1.82) is 0 Å². The highest BCUT2D eigenvalue weighted by atomic mass is 16.1. The molecular weight excluding hydrogens is 334 g/mol. The maximum atomic E-state index is 12.7. The van der Waals surface area contributed by atoms with Gasteiger partial charge in [0.05, 0.1) is 12.2 Å². The van der Waals surface area contributed by atoms with Crippen molar-refractivity contribution in [3.63, 3.8) is 0 Å². The lowest BCUT2D eigenvalue weighted by Crippen LogP contribution is -2.25. The normalized spacial score (nSPS) is 12.0. The third kappa shape index (κ3) is 3.90. The number of nitrogens with one attached hydrogen (secondary N) is 2. The number of rotatable bonds is 6. The first-order chi connectivity index (χ1) is 13.3. The Hall–Kier alpha value is -3.40. The summed E-state index contributed by atoms with van der Waals surface area (Å²) in [6.07, 6.45) is 4.15. The molecule has 2 N–H and O–H groups in total. The lowest BCUT2D eigenvalue weighted by atomic mass is 9.88. The van der Waals surface area contributed by atoms with Gasteiger partial charge in [-0.2, -0.15) is 0 Å². The van der Waals surface area contributed by atoms with Gasteiger partial charge in [0.25, 0.3) is 0 Å². The second-order valence-corrected chi connectivity index (χ2v) is 6.55. The molecule has 4 aromatic rings. The maximum Gasteiger partial charge on any atom is 0.221 e. The molecule has 0 aliphatic heterocycles. The van der Waals surface area contributed by atoms with E-state index in [0.717, 1.165) is 27.7 Å². The Bertz CT molecular complexity index is 1030. The predicted octanol–water partition coefficient (Wildman–Crippen LogP) is 4.40. The van der Waals surface area contributed by atoms with Crippen molar-refractivity contribution in [2.24, 2.45) is 0 Å². The van der Waals surface area contributed by atoms with Crippen LogP contribution in [0.15, 0.2) is 85.2 Å². The van der Waals surface area contributed by atoms with Crippen LogP contribution in [0.2, 0.25) is 0 Å². The number of para-hydroxylation sites is 1. The zero-order valence-corrected chi connectivity index (χ0v) is 14.9. The molecule has 1 amide bonds. The Labute approximate surface area is 158 Å². The van der Waals surface area contributed by atoms with Gasteiger partial charge < -0.3 is 10.3 Å². The quantitative estimate of drug-likeness (QED) is 0.538. The van der Waals surface area contributed by atoms with Gasteiger partial charge in [-0.05, 0) is 29.3 Å². The van der Waals surface area contributed by atoms with Crippen molar-refractivity contribution in [3.8, 4) is 0 Å². The first kappa shape index (κ1) is 17.0. The molecule has 4 heteroatoms. The molecule has 0 fully saturated rings. The van der Waals surface area contributed by atoms with Crippen LogP contribution in [0.3, 0.4) is 0 Å². The summed E-state index contributed by atoms with van der Waals surface area (Å²) in [5, 5.41) is 4.15. The second kappa shape index (κ2) is 7.87. The minimum absolute atomic E-state index is 0.00826. The molecule has 27 heavy (non-hydrogen) atoms. The van der Waals surface area contributed by atoms with Crippen LogP contribution in [-0.4, -0.2) is 15.9 Å². The third-order valence-electron chi connectivity index (χ3n) is 4.78. The van der Waals surface area contributed by atoms with E-state index in [-0.39, 0.29) is 11.8 Å². The predicted molar refractivity (Wildman–Crippen MR) is 107 cm³/mol. The summed E-state index contributed by atoms with van der Waals surface area (Å²) in [5.74, 6) is 0.00543. The molecule has 1 atom stereocenters. The molecule has 0 saturated carbocycles. The minimum atomic E-state index is -0.00826. The minimum Gasteiger partial charge on any atom is -0.361 e. The van der Waals surface area contributed by atoms with E-state index in [9.17, 15) is 4.79 Å². The van der Waals surface area contributed by atoms with Crippen molar-refractivity contribution in [2.45, 2.75) is 18.9 Å². The fraction of sp³-hybridized carbons (Fsp3) is 0.130. The standard InChI is InChI=1S/C23H21N3O/c27-23(26-15-18-10-6-7-13-24-18)14-20(17-8-2-1-3-9-17)21-16-25-22-12-5-4-11-19(21)22/h1-13,16,20,25H,14-15H2,(H,26,27). The van der Waals surface area contributed by atoms with Gasteiger partial charge in [0.1, 0.15) is 0 Å². The lowest BCUT2D eigenvalue weighted by molar-refractivity contribution is -0.121. The Morgan fingerprint density at radius 2 is 1.74 bits per heavy atom. The SMILES string of the molecule is O=C(CC(c1ccccc1)c1c[nH]c2ccccc12)NCc1ccccn1. The summed E-state index contributed by atoms with van der Waals surface area (Å²) in [7, 11) is 0. The van der Waals surface area contributed by atoms with Crippen molar-refractivity contribution < 1.29 is 4.79 Å². The number of nitrogens with zero attached hydrogens (tertiary/aromatic N) is 1. The molecule has 0 aliphatic rings. The van der Waals surface area contributed by atoms with E-state index < -0.39 is 0 Å². The van der Waals surface area contributed by atoms with E-state index >= 15 is 0 Å². The number of aromatic nitrogens is 2. The van der Waals surface area contributed by atoms with Gasteiger partial charge in [-0.15, -0.1) is 0 Å². The molecule has 2 aromatic carbocycles. The number of benzene rings is 2. The van der Waals surface area contributed by atoms with Crippen LogP contribution in [0.4, 0.5) is 0 Å². The Kier molecular flexibility index (Phi) is 4.97. The monoisotopic (exact) mass is 355 g/mol. The molecule has 134 valence electrons. The number of H-pyrrole nitrogens is 1. The van der Waals surface area contributed by atoms with Crippen LogP contribution in [-0.2, 0) is 11.3 Å². The van der Waals surface area contributed by atoms with Gasteiger partial charge in [-0.25, -0.2) is 0 Å². The number of hydrogen-bond donors (Lipinski definition) is 2. The Morgan fingerprint density at radius 3 is 2.56 bits per heavy atom. The lowest BCUT2D eigenvalue weighted by Gasteiger charge is -2.17. The van der Waals surface area contributed by atoms with Crippen LogP contribution in [0, 0.1) is 0 Å². The molecule has 0 saturated heterocycles. The largest absolute Gasteiger partial charge is 0.361 e. The summed E-state index contributed by atoms with van der Waals surface area (Å²) >= 11 is 0. The number of aromatic amines is 1. The van der Waals surface area contributed by atoms with Crippen molar-refractivity contribution in [3.05, 3.63) is 102 Å². The second-order valence-electron chi connectivity index (χ2n) is 6.55. The van der Waals surface area contributed by atoms with E-state index in [1.165, 1.54) is 0 Å². The number of carbonyl (C=O) groups is 1. The molecule has 0 spiro atoms. The van der Waals surface area contributed by atoms with Gasteiger partial charge in [-0.3, -0.25) is 9.78 Å². The number of carbonyl (C=O) groups excluding carboxylic acids is 1. The molecular formula is C23H21N3O. The molecule has 4 rings (SSSR count). The molecule has 0 bridgehead atoms. The van der Waals surface area contributed by atoms with Crippen LogP contribution >= 0.6 is 0 Å². The van der Waals surface area contributed by atoms with Crippen LogP contribution in [0.5, 0.6) is 0 Å². The number of fused-ring (bicyclic) bond motifs is 1. The topological polar surface area (TPSA) is 57.8 Å². The average Bonchev–Trinajstić information content (AvgIpc) is 3.16. The Balaban J connectivity index is 1.58. The van der Waals surface area contributed by atoms with Gasteiger partial charge in [0.15, 0.2) is 0 Å². The zero-order chi connectivity index (χ0) is 18.5. The maximum absolute atomic E-state index is 12.7. The van der Waals surface area contributed by atoms with Crippen LogP contribution < -0.4 is 5.32 Å². The fourth-order valence-corrected chi connectivity index (χ4v) is 3.42. The summed E-state index contributed by atoms with van der Waals surface area (Å²) in [4.78, 5) is 20.3. The highest BCUT2D eigenvalue weighted by molar-refractivity contribution is 5.86. The van der Waals surface area contributed by atoms with E-state index in [2.05, 4.69) is 39.6 Å². The molecule has 1 unspecified atom stereocenters. The molecule has 0 aliphatic carbocycles. The van der Waals surface area contributed by atoms with E-state index in [1.54, 1.807) is 6.20 Å². The summed E-state index contributed by atoms with van der Waals surface area (Å²) < 4.78 is 0. The van der Waals surface area contributed by atoms with E-state index in [4.69, 9.17) is 0 Å². The first-order valence-corrected chi connectivity index (χ1v) is 9.09. The summed E-state index contributed by atoms with van der Waals surface area (Å²) in [6.45, 7) is 0.440. The summed E-state index contributed by atoms with van der Waals surface area (Å²) in [5.41, 5.74) is 4.22. The van der Waals surface area contributed by atoms with Gasteiger partial charge in [0.2, 0.25) is 5.91 Å². The van der Waals surface area contributed by atoms with Crippen molar-refractivity contribution >= 4 is 16.8 Å². The summed E-state index contributed by atoms with van der Waals surface area (Å²) in [6, 6.07) is 24.1. The molecule has 2 heterocycles. The molecule has 4 nitrogen and oxygen atoms in total. The van der Waals surface area contributed by atoms with Gasteiger partial charge in [-0.1, -0.05) is 54.6 Å². The third-order valence-corrected chi connectivity index (χ3v) is 4.78. The van der Waals surface area contributed by atoms with Gasteiger partial charge in [0, 0.05) is 35.6 Å². The number of amides is 1. The smallest absolute Gasteiger partial charge is 0.221 e. The van der Waals surface area contributed by atoms with E-state index in [1.807, 2.05) is 54.7 Å². The zero-order valence-electron chi connectivity index (χ0n) is 14.9. The number of pyridine rings is 1. The van der Waals surface area contributed by atoms with E-state index in [0.29, 0.717) is 13.0 Å². The van der Waals surface area contributed by atoms with Crippen molar-refractivity contribution in [2.75, 3.05) is 0 Å². The van der Waals surface area contributed by atoms with Crippen LogP contribution in [0.1, 0.15) is 29.2 Å². The Morgan fingerprint density at radius 1 is 0.963 bits per heavy atom. The van der Waals surface area contributed by atoms with Crippen LogP contribution in [0.25, 0.3) is 10.9 Å². The number of hydrogen-bond acceptors (Lipinski definition) is 2. The van der Waals surface area contributed by atoms with Gasteiger partial charge >= 0.3 is 0 Å². The highest BCUT2D eigenvalue weighted by Crippen LogP contribution is 2.33. The average molecular weight is 355 g/mol.